The van der Waals surface area contributed by atoms with Crippen molar-refractivity contribution in [3.05, 3.63) is 29.3 Å². The second-order valence-corrected chi connectivity index (χ2v) is 8.30. The van der Waals surface area contributed by atoms with Crippen LogP contribution in [0.3, 0.4) is 0 Å². The minimum absolute atomic E-state index is 0.0429. The number of carbonyl (C=O) groups excluding carboxylic acids is 2. The van der Waals surface area contributed by atoms with E-state index in [1.54, 1.807) is 0 Å². The SMILES string of the molecule is CCc1cccc(C)c1NC(=O)CN1CCC(C(=O)N2CCCCCC2)CC1. The van der Waals surface area contributed by atoms with Crippen molar-refractivity contribution < 1.29 is 9.59 Å². The molecule has 2 saturated heterocycles. The zero-order valence-corrected chi connectivity index (χ0v) is 17.5. The number of aryl methyl sites for hydroxylation is 2. The van der Waals surface area contributed by atoms with Gasteiger partial charge in [0.15, 0.2) is 0 Å². The third-order valence-corrected chi connectivity index (χ3v) is 6.23. The molecule has 0 radical (unpaired) electrons. The molecule has 3 rings (SSSR count). The van der Waals surface area contributed by atoms with Crippen LogP contribution >= 0.6 is 0 Å². The Balaban J connectivity index is 1.47. The average molecular weight is 386 g/mol. The van der Waals surface area contributed by atoms with E-state index in [4.69, 9.17) is 0 Å². The molecular formula is C23H35N3O2. The van der Waals surface area contributed by atoms with E-state index in [9.17, 15) is 9.59 Å². The average Bonchev–Trinajstić information content (AvgIpc) is 2.99. The fourth-order valence-electron chi connectivity index (χ4n) is 4.47. The predicted molar refractivity (Wildman–Crippen MR) is 113 cm³/mol. The second-order valence-electron chi connectivity index (χ2n) is 8.30. The van der Waals surface area contributed by atoms with Crippen LogP contribution in [0.25, 0.3) is 0 Å². The second kappa shape index (κ2) is 10.1. The van der Waals surface area contributed by atoms with Crippen molar-refractivity contribution in [2.45, 2.75) is 58.8 Å². The predicted octanol–water partition coefficient (Wildman–Crippen LogP) is 3.61. The van der Waals surface area contributed by atoms with Crippen molar-refractivity contribution in [2.75, 3.05) is 38.0 Å². The maximum Gasteiger partial charge on any atom is 0.238 e. The lowest BCUT2D eigenvalue weighted by Crippen LogP contribution is -2.44. The quantitative estimate of drug-likeness (QED) is 0.842. The summed E-state index contributed by atoms with van der Waals surface area (Å²) >= 11 is 0. The molecule has 5 heteroatoms. The number of anilines is 1. The summed E-state index contributed by atoms with van der Waals surface area (Å²) in [5, 5.41) is 3.11. The number of piperidine rings is 1. The molecule has 0 aromatic heterocycles. The Kier molecular flexibility index (Phi) is 7.49. The molecule has 28 heavy (non-hydrogen) atoms. The van der Waals surface area contributed by atoms with Gasteiger partial charge in [-0.2, -0.15) is 0 Å². The lowest BCUT2D eigenvalue weighted by molar-refractivity contribution is -0.137. The van der Waals surface area contributed by atoms with Gasteiger partial charge in [-0.3, -0.25) is 14.5 Å². The summed E-state index contributed by atoms with van der Waals surface area (Å²) in [6.45, 7) is 8.06. The van der Waals surface area contributed by atoms with E-state index in [1.165, 1.54) is 18.4 Å². The number of nitrogens with zero attached hydrogens (tertiary/aromatic N) is 2. The van der Waals surface area contributed by atoms with Crippen molar-refractivity contribution >= 4 is 17.5 Å². The van der Waals surface area contributed by atoms with Gasteiger partial charge in [0, 0.05) is 24.7 Å². The van der Waals surface area contributed by atoms with E-state index in [1.807, 2.05) is 19.1 Å². The highest BCUT2D eigenvalue weighted by Crippen LogP contribution is 2.23. The van der Waals surface area contributed by atoms with Crippen molar-refractivity contribution in [1.29, 1.82) is 0 Å². The fraction of sp³-hybridized carbons (Fsp3) is 0.652. The highest BCUT2D eigenvalue weighted by molar-refractivity contribution is 5.93. The summed E-state index contributed by atoms with van der Waals surface area (Å²) in [6, 6.07) is 6.15. The summed E-state index contributed by atoms with van der Waals surface area (Å²) < 4.78 is 0. The van der Waals surface area contributed by atoms with Gasteiger partial charge in [-0.15, -0.1) is 0 Å². The highest BCUT2D eigenvalue weighted by atomic mass is 16.2. The monoisotopic (exact) mass is 385 g/mol. The number of hydrogen-bond acceptors (Lipinski definition) is 3. The van der Waals surface area contributed by atoms with Crippen molar-refractivity contribution in [1.82, 2.24) is 9.80 Å². The number of hydrogen-bond donors (Lipinski definition) is 1. The number of likely N-dealkylation sites (tertiary alicyclic amines) is 2. The van der Waals surface area contributed by atoms with Crippen LogP contribution in [0, 0.1) is 12.8 Å². The van der Waals surface area contributed by atoms with Crippen LogP contribution in [0.4, 0.5) is 5.69 Å². The number of para-hydroxylation sites is 1. The minimum atomic E-state index is 0.0429. The minimum Gasteiger partial charge on any atom is -0.342 e. The van der Waals surface area contributed by atoms with E-state index in [-0.39, 0.29) is 11.8 Å². The van der Waals surface area contributed by atoms with Crippen LogP contribution < -0.4 is 5.32 Å². The molecule has 0 unspecified atom stereocenters. The Morgan fingerprint density at radius 3 is 2.36 bits per heavy atom. The van der Waals surface area contributed by atoms with Gasteiger partial charge in [-0.25, -0.2) is 0 Å². The highest BCUT2D eigenvalue weighted by Gasteiger charge is 2.29. The van der Waals surface area contributed by atoms with Gasteiger partial charge in [0.1, 0.15) is 0 Å². The number of benzene rings is 1. The molecule has 2 aliphatic rings. The van der Waals surface area contributed by atoms with Crippen LogP contribution in [0.2, 0.25) is 0 Å². The zero-order chi connectivity index (χ0) is 19.9. The van der Waals surface area contributed by atoms with Crippen LogP contribution in [-0.4, -0.2) is 54.3 Å². The first-order valence-corrected chi connectivity index (χ1v) is 11.0. The Hall–Kier alpha value is -1.88. The molecule has 154 valence electrons. The molecule has 0 aliphatic carbocycles. The Morgan fingerprint density at radius 1 is 1.04 bits per heavy atom. The van der Waals surface area contributed by atoms with Crippen molar-refractivity contribution in [2.24, 2.45) is 5.92 Å². The lowest BCUT2D eigenvalue weighted by atomic mass is 9.95. The van der Waals surface area contributed by atoms with Gasteiger partial charge in [-0.05, 0) is 63.2 Å². The normalized spacial score (nSPS) is 19.3. The standard InChI is InChI=1S/C23H35N3O2/c1-3-19-10-8-9-18(2)22(19)24-21(27)17-25-15-11-20(12-16-25)23(28)26-13-6-4-5-7-14-26/h8-10,20H,3-7,11-17H2,1-2H3,(H,24,27). The van der Waals surface area contributed by atoms with E-state index in [2.05, 4.69) is 28.1 Å². The number of nitrogens with one attached hydrogen (secondary N) is 1. The van der Waals surface area contributed by atoms with Gasteiger partial charge in [-0.1, -0.05) is 38.0 Å². The van der Waals surface area contributed by atoms with Crippen LogP contribution in [0.5, 0.6) is 0 Å². The molecule has 0 bridgehead atoms. The summed E-state index contributed by atoms with van der Waals surface area (Å²) in [6.07, 6.45) is 7.42. The molecule has 1 aromatic rings. The Bertz CT molecular complexity index is 672. The molecular weight excluding hydrogens is 350 g/mol. The van der Waals surface area contributed by atoms with Crippen molar-refractivity contribution in [3.63, 3.8) is 0 Å². The van der Waals surface area contributed by atoms with Gasteiger partial charge in [0.25, 0.3) is 0 Å². The molecule has 2 fully saturated rings. The third kappa shape index (κ3) is 5.34. The van der Waals surface area contributed by atoms with Crippen LogP contribution in [-0.2, 0) is 16.0 Å². The molecule has 2 amide bonds. The molecule has 0 atom stereocenters. The molecule has 2 aliphatic heterocycles. The summed E-state index contributed by atoms with van der Waals surface area (Å²) in [5.41, 5.74) is 3.24. The van der Waals surface area contributed by atoms with Crippen molar-refractivity contribution in [3.8, 4) is 0 Å². The van der Waals surface area contributed by atoms with E-state index in [0.717, 1.165) is 69.5 Å². The van der Waals surface area contributed by atoms with Gasteiger partial charge >= 0.3 is 0 Å². The summed E-state index contributed by atoms with van der Waals surface area (Å²) in [7, 11) is 0. The first-order chi connectivity index (χ1) is 13.6. The van der Waals surface area contributed by atoms with Gasteiger partial charge in [0.05, 0.1) is 6.54 Å². The fourth-order valence-corrected chi connectivity index (χ4v) is 4.47. The Labute approximate surface area is 169 Å². The molecule has 1 N–H and O–H groups in total. The molecule has 0 spiro atoms. The topological polar surface area (TPSA) is 52.7 Å². The van der Waals surface area contributed by atoms with E-state index in [0.29, 0.717) is 12.5 Å². The zero-order valence-electron chi connectivity index (χ0n) is 17.5. The largest absolute Gasteiger partial charge is 0.342 e. The lowest BCUT2D eigenvalue weighted by Gasteiger charge is -2.33. The van der Waals surface area contributed by atoms with E-state index < -0.39 is 0 Å². The smallest absolute Gasteiger partial charge is 0.238 e. The van der Waals surface area contributed by atoms with Crippen LogP contribution in [0.15, 0.2) is 18.2 Å². The summed E-state index contributed by atoms with van der Waals surface area (Å²) in [4.78, 5) is 29.7. The van der Waals surface area contributed by atoms with E-state index >= 15 is 0 Å². The number of carbonyl (C=O) groups is 2. The maximum atomic E-state index is 12.8. The van der Waals surface area contributed by atoms with Gasteiger partial charge in [0.2, 0.25) is 11.8 Å². The number of rotatable bonds is 5. The first-order valence-electron chi connectivity index (χ1n) is 11.0. The molecule has 2 heterocycles. The van der Waals surface area contributed by atoms with Crippen LogP contribution in [0.1, 0.15) is 56.6 Å². The number of amides is 2. The summed E-state index contributed by atoms with van der Waals surface area (Å²) in [5.74, 6) is 0.528. The molecule has 1 aromatic carbocycles. The molecule has 5 nitrogen and oxygen atoms in total. The first kappa shape index (κ1) is 20.8. The van der Waals surface area contributed by atoms with Gasteiger partial charge < -0.3 is 10.2 Å². The maximum absolute atomic E-state index is 12.8. The Morgan fingerprint density at radius 2 is 1.71 bits per heavy atom. The molecule has 0 saturated carbocycles. The third-order valence-electron chi connectivity index (χ3n) is 6.23.